The van der Waals surface area contributed by atoms with Crippen molar-refractivity contribution in [3.05, 3.63) is 59.2 Å². The van der Waals surface area contributed by atoms with Crippen LogP contribution in [0.5, 0.6) is 0 Å². The lowest BCUT2D eigenvalue weighted by molar-refractivity contribution is 0.0528. The Labute approximate surface area is 170 Å². The number of ether oxygens (including phenoxy) is 2. The number of amides is 1. The molecule has 2 aliphatic heterocycles. The Bertz CT molecular complexity index is 1050. The Balaban J connectivity index is 1.67. The molecular formula is C20H17F2N5O3. The van der Waals surface area contributed by atoms with Gasteiger partial charge < -0.3 is 20.5 Å². The van der Waals surface area contributed by atoms with E-state index in [4.69, 9.17) is 20.5 Å². The van der Waals surface area contributed by atoms with Crippen molar-refractivity contribution in [2.24, 2.45) is 16.6 Å². The van der Waals surface area contributed by atoms with E-state index < -0.39 is 36.0 Å². The normalized spacial score (nSPS) is 24.9. The highest BCUT2D eigenvalue weighted by atomic mass is 19.1. The number of nitriles is 1. The third-order valence-electron chi connectivity index (χ3n) is 5.27. The van der Waals surface area contributed by atoms with Crippen molar-refractivity contribution < 1.29 is 23.0 Å². The fourth-order valence-electron chi connectivity index (χ4n) is 3.74. The van der Waals surface area contributed by atoms with Gasteiger partial charge in [0.2, 0.25) is 0 Å². The summed E-state index contributed by atoms with van der Waals surface area (Å²) < 4.78 is 39.0. The Morgan fingerprint density at radius 3 is 2.93 bits per heavy atom. The number of nitrogens with one attached hydrogen (secondary N) is 1. The number of pyridine rings is 1. The molecule has 0 aliphatic carbocycles. The Hall–Kier alpha value is -3.58. The summed E-state index contributed by atoms with van der Waals surface area (Å²) in [5, 5.41) is 11.5. The van der Waals surface area contributed by atoms with E-state index in [1.54, 1.807) is 0 Å². The fraction of sp³-hybridized carbons (Fsp3) is 0.300. The highest BCUT2D eigenvalue weighted by Crippen LogP contribution is 2.46. The lowest BCUT2D eigenvalue weighted by Crippen LogP contribution is -2.45. The number of carbonyl (C=O) groups excluding carboxylic acids is 1. The molecule has 1 unspecified atom stereocenters. The van der Waals surface area contributed by atoms with Gasteiger partial charge >= 0.3 is 0 Å². The van der Waals surface area contributed by atoms with Crippen molar-refractivity contribution in [1.82, 2.24) is 4.98 Å². The zero-order valence-corrected chi connectivity index (χ0v) is 15.6. The van der Waals surface area contributed by atoms with Gasteiger partial charge in [-0.15, -0.1) is 0 Å². The molecule has 4 rings (SSSR count). The maximum Gasteiger partial charge on any atom is 0.282 e. The zero-order chi connectivity index (χ0) is 21.3. The molecule has 1 fully saturated rings. The number of hydrogen-bond acceptors (Lipinski definition) is 7. The molecule has 0 radical (unpaired) electrons. The standard InChI is InChI=1S/C20H17F2N5O3/c21-6-17-14-9-29-19(24)27-20(14,10-30-17)13-5-12(2-3-15(13)22)26-18(28)16-4-1-11(7-23)8-25-16/h1-5,8,14,17H,6,9-10H2,(H2,24,27)(H,26,28)/t14-,17-,20?/m1/s1. The summed E-state index contributed by atoms with van der Waals surface area (Å²) in [5.41, 5.74) is 5.29. The number of alkyl halides is 1. The van der Waals surface area contributed by atoms with Crippen molar-refractivity contribution in [3.8, 4) is 6.07 Å². The molecule has 3 N–H and O–H groups in total. The molecule has 3 heterocycles. The molecule has 2 aromatic rings. The van der Waals surface area contributed by atoms with Gasteiger partial charge in [-0.2, -0.15) is 5.26 Å². The lowest BCUT2D eigenvalue weighted by Gasteiger charge is -2.35. The minimum atomic E-state index is -1.25. The topological polar surface area (TPSA) is 123 Å². The summed E-state index contributed by atoms with van der Waals surface area (Å²) in [6, 6.07) is 8.66. The fourth-order valence-corrected chi connectivity index (χ4v) is 3.74. The molecule has 1 aromatic heterocycles. The van der Waals surface area contributed by atoms with Crippen LogP contribution in [0.1, 0.15) is 21.6 Å². The number of benzene rings is 1. The second kappa shape index (κ2) is 7.68. The summed E-state index contributed by atoms with van der Waals surface area (Å²) in [6.45, 7) is -0.801. The van der Waals surface area contributed by atoms with Gasteiger partial charge in [-0.3, -0.25) is 4.79 Å². The van der Waals surface area contributed by atoms with E-state index in [1.807, 2.05) is 6.07 Å². The van der Waals surface area contributed by atoms with Crippen molar-refractivity contribution in [2.75, 3.05) is 25.2 Å². The van der Waals surface area contributed by atoms with Crippen LogP contribution in [0.25, 0.3) is 0 Å². The first kappa shape index (κ1) is 19.7. The number of nitrogens with two attached hydrogens (primary N) is 1. The summed E-state index contributed by atoms with van der Waals surface area (Å²) in [7, 11) is 0. The third kappa shape index (κ3) is 3.33. The van der Waals surface area contributed by atoms with E-state index in [1.165, 1.54) is 36.5 Å². The molecular weight excluding hydrogens is 396 g/mol. The predicted molar refractivity (Wildman–Crippen MR) is 102 cm³/mol. The van der Waals surface area contributed by atoms with E-state index in [0.717, 1.165) is 0 Å². The van der Waals surface area contributed by atoms with Gasteiger partial charge in [0.05, 0.1) is 30.8 Å². The Morgan fingerprint density at radius 2 is 2.23 bits per heavy atom. The number of fused-ring (bicyclic) bond motifs is 1. The van der Waals surface area contributed by atoms with Crippen LogP contribution < -0.4 is 11.1 Å². The zero-order valence-electron chi connectivity index (χ0n) is 15.6. The number of anilines is 1. The number of nitrogens with zero attached hydrogens (tertiary/aromatic N) is 3. The van der Waals surface area contributed by atoms with Crippen LogP contribution in [0.15, 0.2) is 41.5 Å². The number of halogens is 2. The van der Waals surface area contributed by atoms with Gasteiger partial charge in [-0.25, -0.2) is 18.8 Å². The second-order valence-electron chi connectivity index (χ2n) is 6.99. The minimum absolute atomic E-state index is 0.0368. The predicted octanol–water partition coefficient (Wildman–Crippen LogP) is 1.87. The first-order chi connectivity index (χ1) is 14.5. The molecule has 0 bridgehead atoms. The van der Waals surface area contributed by atoms with Crippen LogP contribution in [-0.2, 0) is 15.0 Å². The van der Waals surface area contributed by atoms with E-state index >= 15 is 0 Å². The number of hydrogen-bond donors (Lipinski definition) is 2. The number of aromatic nitrogens is 1. The largest absolute Gasteiger partial charge is 0.465 e. The summed E-state index contributed by atoms with van der Waals surface area (Å²) >= 11 is 0. The van der Waals surface area contributed by atoms with Crippen molar-refractivity contribution in [3.63, 3.8) is 0 Å². The maximum atomic E-state index is 14.8. The molecule has 0 saturated carbocycles. The van der Waals surface area contributed by atoms with E-state index in [-0.39, 0.29) is 30.5 Å². The number of aliphatic imine (C=N–C) groups is 1. The molecule has 1 amide bonds. The van der Waals surface area contributed by atoms with E-state index in [9.17, 15) is 13.6 Å². The highest BCUT2D eigenvalue weighted by molar-refractivity contribution is 6.02. The molecule has 1 aromatic carbocycles. The van der Waals surface area contributed by atoms with Crippen LogP contribution in [0.4, 0.5) is 14.5 Å². The van der Waals surface area contributed by atoms with Crippen molar-refractivity contribution >= 4 is 17.6 Å². The second-order valence-corrected chi connectivity index (χ2v) is 6.99. The molecule has 3 atom stereocenters. The molecule has 30 heavy (non-hydrogen) atoms. The smallest absolute Gasteiger partial charge is 0.282 e. The van der Waals surface area contributed by atoms with E-state index in [2.05, 4.69) is 15.3 Å². The highest BCUT2D eigenvalue weighted by Gasteiger charge is 2.55. The van der Waals surface area contributed by atoms with Gasteiger partial charge in [0.15, 0.2) is 0 Å². The number of rotatable bonds is 4. The molecule has 2 aliphatic rings. The van der Waals surface area contributed by atoms with Crippen LogP contribution in [-0.4, -0.2) is 42.9 Å². The number of carbonyl (C=O) groups is 1. The van der Waals surface area contributed by atoms with Gasteiger partial charge in [-0.1, -0.05) is 0 Å². The Morgan fingerprint density at radius 1 is 1.40 bits per heavy atom. The average molecular weight is 413 g/mol. The molecule has 154 valence electrons. The van der Waals surface area contributed by atoms with Crippen LogP contribution in [0.3, 0.4) is 0 Å². The summed E-state index contributed by atoms with van der Waals surface area (Å²) in [4.78, 5) is 20.7. The van der Waals surface area contributed by atoms with Crippen LogP contribution in [0.2, 0.25) is 0 Å². The average Bonchev–Trinajstić information content (AvgIpc) is 3.13. The maximum absolute atomic E-state index is 14.8. The molecule has 1 saturated heterocycles. The van der Waals surface area contributed by atoms with Gasteiger partial charge in [0, 0.05) is 17.4 Å². The monoisotopic (exact) mass is 413 g/mol. The van der Waals surface area contributed by atoms with Crippen molar-refractivity contribution in [1.29, 1.82) is 5.26 Å². The quantitative estimate of drug-likeness (QED) is 0.789. The first-order valence-corrected chi connectivity index (χ1v) is 9.10. The van der Waals surface area contributed by atoms with Crippen LogP contribution >= 0.6 is 0 Å². The molecule has 8 nitrogen and oxygen atoms in total. The SMILES string of the molecule is N#Cc1ccc(C(=O)Nc2ccc(F)c(C34CO[C@H](CF)[C@H]3COC(N)=N4)c2)nc1. The summed E-state index contributed by atoms with van der Waals surface area (Å²) in [6.07, 6.45) is 0.475. The lowest BCUT2D eigenvalue weighted by atomic mass is 9.78. The third-order valence-corrected chi connectivity index (χ3v) is 5.27. The van der Waals surface area contributed by atoms with Gasteiger partial charge in [-0.05, 0) is 30.3 Å². The minimum Gasteiger partial charge on any atom is -0.465 e. The van der Waals surface area contributed by atoms with Crippen LogP contribution in [0, 0.1) is 23.1 Å². The molecule has 10 heteroatoms. The van der Waals surface area contributed by atoms with Gasteiger partial charge in [0.25, 0.3) is 11.9 Å². The number of amidine groups is 1. The van der Waals surface area contributed by atoms with Crippen molar-refractivity contribution in [2.45, 2.75) is 11.6 Å². The Kier molecular flexibility index (Phi) is 5.05. The molecule has 0 spiro atoms. The summed E-state index contributed by atoms with van der Waals surface area (Å²) in [5.74, 6) is -1.70. The van der Waals surface area contributed by atoms with E-state index in [0.29, 0.717) is 11.3 Å². The first-order valence-electron chi connectivity index (χ1n) is 9.10. The van der Waals surface area contributed by atoms with Gasteiger partial charge in [0.1, 0.15) is 29.8 Å².